The van der Waals surface area contributed by atoms with Gasteiger partial charge in [-0.3, -0.25) is 4.79 Å². The Labute approximate surface area is 185 Å². The van der Waals surface area contributed by atoms with Gasteiger partial charge in [0.1, 0.15) is 0 Å². The first-order chi connectivity index (χ1) is 14.4. The van der Waals surface area contributed by atoms with Crippen LogP contribution >= 0.6 is 11.6 Å². The van der Waals surface area contributed by atoms with Crippen LogP contribution in [0.5, 0.6) is 0 Å². The maximum atomic E-state index is 10.6. The number of hydrogen-bond acceptors (Lipinski definition) is 3. The Kier molecular flexibility index (Phi) is 10.6. The van der Waals surface area contributed by atoms with Crippen molar-refractivity contribution in [3.05, 3.63) is 59.7 Å². The van der Waals surface area contributed by atoms with Crippen molar-refractivity contribution in [2.75, 3.05) is 0 Å². The van der Waals surface area contributed by atoms with Gasteiger partial charge in [-0.1, -0.05) is 61.9 Å². The number of carbonyl (C=O) groups is 1. The van der Waals surface area contributed by atoms with E-state index < -0.39 is 18.2 Å². The zero-order valence-corrected chi connectivity index (χ0v) is 18.5. The molecule has 1 aliphatic carbocycles. The molecule has 0 unspecified atom stereocenters. The number of carboxylic acids is 1. The summed E-state index contributed by atoms with van der Waals surface area (Å²) in [6.45, 7) is 2.16. The first-order valence-corrected chi connectivity index (χ1v) is 11.5. The molecule has 3 N–H and O–H groups in total. The normalized spacial score (nSPS) is 25.3. The highest BCUT2D eigenvalue weighted by Crippen LogP contribution is 2.39. The number of rotatable bonds is 12. The summed E-state index contributed by atoms with van der Waals surface area (Å²) in [4.78, 5) is 10.6. The maximum absolute atomic E-state index is 10.6. The van der Waals surface area contributed by atoms with E-state index in [9.17, 15) is 15.0 Å². The molecule has 30 heavy (non-hydrogen) atoms. The predicted molar refractivity (Wildman–Crippen MR) is 122 cm³/mol. The molecule has 0 heterocycles. The van der Waals surface area contributed by atoms with Gasteiger partial charge in [0, 0.05) is 24.1 Å². The molecule has 1 aromatic carbocycles. The number of carboxylic acid groups (broad SMARTS) is 1. The lowest BCUT2D eigenvalue weighted by atomic mass is 9.90. The second-order valence-electron chi connectivity index (χ2n) is 8.28. The summed E-state index contributed by atoms with van der Waals surface area (Å²) in [5, 5.41) is 29.5. The minimum atomic E-state index is -0.774. The highest BCUT2D eigenvalue weighted by Gasteiger charge is 2.39. The van der Waals surface area contributed by atoms with Gasteiger partial charge in [-0.15, -0.1) is 11.6 Å². The van der Waals surface area contributed by atoms with E-state index in [0.717, 1.165) is 31.2 Å². The molecule has 0 aliphatic heterocycles. The molecule has 5 heteroatoms. The lowest BCUT2D eigenvalue weighted by molar-refractivity contribution is -0.137. The van der Waals surface area contributed by atoms with Crippen LogP contribution in [0, 0.1) is 11.8 Å². The van der Waals surface area contributed by atoms with Crippen molar-refractivity contribution in [3.63, 3.8) is 0 Å². The van der Waals surface area contributed by atoms with E-state index in [2.05, 4.69) is 19.1 Å². The van der Waals surface area contributed by atoms with Crippen molar-refractivity contribution >= 4 is 17.6 Å². The molecule has 5 atom stereocenters. The van der Waals surface area contributed by atoms with Gasteiger partial charge in [0.15, 0.2) is 0 Å². The minimum Gasteiger partial charge on any atom is -0.481 e. The molecule has 1 saturated carbocycles. The van der Waals surface area contributed by atoms with E-state index in [4.69, 9.17) is 16.7 Å². The molecule has 0 aromatic heterocycles. The van der Waals surface area contributed by atoms with Gasteiger partial charge in [-0.2, -0.15) is 0 Å². The van der Waals surface area contributed by atoms with Crippen molar-refractivity contribution in [2.45, 2.75) is 75.9 Å². The van der Waals surface area contributed by atoms with Crippen molar-refractivity contribution in [3.8, 4) is 0 Å². The first kappa shape index (κ1) is 24.6. The summed E-state index contributed by atoms with van der Waals surface area (Å²) in [5.41, 5.74) is 2.40. The number of aryl methyl sites for hydroxylation is 1. The Hall–Kier alpha value is -1.62. The van der Waals surface area contributed by atoms with Crippen LogP contribution in [0.3, 0.4) is 0 Å². The molecule has 1 fully saturated rings. The standard InChI is InChI=1S/C25H35ClO4/c1-2-8-18-9-7-10-19(15-18)16-20(27)13-14-22-21(23(26)17-24(22)28)11-5-3-4-6-12-25(29)30/h3,5,7,9-10,13-15,20-24,27-28H,2,4,6,8,11-12,16-17H2,1H3,(H,29,30)/b5-3-,14-13+/t20-,21-,22-,23-,24-/m1/s1. The van der Waals surface area contributed by atoms with Gasteiger partial charge < -0.3 is 15.3 Å². The fraction of sp³-hybridized carbons (Fsp3) is 0.560. The predicted octanol–water partition coefficient (Wildman–Crippen LogP) is 4.90. The summed E-state index contributed by atoms with van der Waals surface area (Å²) in [5.74, 6) is -0.755. The van der Waals surface area contributed by atoms with Gasteiger partial charge in [0.2, 0.25) is 0 Å². The number of unbranched alkanes of at least 4 members (excludes halogenated alkanes) is 1. The number of alkyl halides is 1. The van der Waals surface area contributed by atoms with E-state index in [-0.39, 0.29) is 23.6 Å². The van der Waals surface area contributed by atoms with E-state index in [1.54, 1.807) is 6.08 Å². The molecule has 0 bridgehead atoms. The van der Waals surface area contributed by atoms with Crippen LogP contribution in [-0.2, 0) is 17.6 Å². The van der Waals surface area contributed by atoms with Crippen LogP contribution in [0.2, 0.25) is 0 Å². The van der Waals surface area contributed by atoms with Crippen LogP contribution in [0.25, 0.3) is 0 Å². The van der Waals surface area contributed by atoms with Gasteiger partial charge in [-0.25, -0.2) is 0 Å². The SMILES string of the molecule is CCCc1cccc(C[C@H](O)/C=C/[C@@H]2[C@@H](C/C=C\CCCC(=O)O)[C@H](Cl)C[C@H]2O)c1. The Morgan fingerprint density at radius 1 is 1.30 bits per heavy atom. The molecule has 4 nitrogen and oxygen atoms in total. The number of benzene rings is 1. The second kappa shape index (κ2) is 12.9. The fourth-order valence-corrected chi connectivity index (χ4v) is 4.63. The summed E-state index contributed by atoms with van der Waals surface area (Å²) < 4.78 is 0. The van der Waals surface area contributed by atoms with E-state index >= 15 is 0 Å². The van der Waals surface area contributed by atoms with E-state index in [0.29, 0.717) is 19.3 Å². The number of aliphatic carboxylic acids is 1. The van der Waals surface area contributed by atoms with Crippen molar-refractivity contribution in [1.29, 1.82) is 0 Å². The molecular weight excluding hydrogens is 400 g/mol. The Bertz CT molecular complexity index is 715. The Morgan fingerprint density at radius 3 is 2.80 bits per heavy atom. The zero-order valence-electron chi connectivity index (χ0n) is 17.8. The van der Waals surface area contributed by atoms with Crippen LogP contribution in [0.15, 0.2) is 48.6 Å². The van der Waals surface area contributed by atoms with Crippen LogP contribution in [-0.4, -0.2) is 38.9 Å². The topological polar surface area (TPSA) is 77.8 Å². The summed E-state index contributed by atoms with van der Waals surface area (Å²) in [6, 6.07) is 8.34. The molecule has 1 aromatic rings. The Balaban J connectivity index is 1.89. The summed E-state index contributed by atoms with van der Waals surface area (Å²) >= 11 is 6.47. The number of hydrogen-bond donors (Lipinski definition) is 3. The van der Waals surface area contributed by atoms with Crippen molar-refractivity contribution in [2.24, 2.45) is 11.8 Å². The average Bonchev–Trinajstić information content (AvgIpc) is 2.95. The lowest BCUT2D eigenvalue weighted by Gasteiger charge is -2.19. The summed E-state index contributed by atoms with van der Waals surface area (Å²) in [6.07, 6.45) is 12.1. The smallest absolute Gasteiger partial charge is 0.303 e. The number of aliphatic hydroxyl groups is 2. The van der Waals surface area contributed by atoms with E-state index in [1.807, 2.05) is 30.4 Å². The molecular formula is C25H35ClO4. The Morgan fingerprint density at radius 2 is 2.07 bits per heavy atom. The number of allylic oxidation sites excluding steroid dienone is 2. The maximum Gasteiger partial charge on any atom is 0.303 e. The molecule has 0 radical (unpaired) electrons. The minimum absolute atomic E-state index is 0.0859. The van der Waals surface area contributed by atoms with Crippen LogP contribution in [0.4, 0.5) is 0 Å². The van der Waals surface area contributed by atoms with Crippen LogP contribution in [0.1, 0.15) is 56.6 Å². The highest BCUT2D eigenvalue weighted by molar-refractivity contribution is 6.21. The molecule has 0 spiro atoms. The van der Waals surface area contributed by atoms with E-state index in [1.165, 1.54) is 5.56 Å². The number of aliphatic hydroxyl groups excluding tert-OH is 2. The third-order valence-electron chi connectivity index (χ3n) is 5.74. The molecule has 2 rings (SSSR count). The van der Waals surface area contributed by atoms with Gasteiger partial charge >= 0.3 is 5.97 Å². The monoisotopic (exact) mass is 434 g/mol. The second-order valence-corrected chi connectivity index (χ2v) is 8.84. The lowest BCUT2D eigenvalue weighted by Crippen LogP contribution is -2.19. The van der Waals surface area contributed by atoms with Crippen LogP contribution < -0.4 is 0 Å². The molecule has 0 saturated heterocycles. The average molecular weight is 435 g/mol. The molecule has 0 amide bonds. The van der Waals surface area contributed by atoms with Crippen molar-refractivity contribution in [1.82, 2.24) is 0 Å². The van der Waals surface area contributed by atoms with Gasteiger partial charge in [0.05, 0.1) is 12.2 Å². The van der Waals surface area contributed by atoms with Gasteiger partial charge in [-0.05, 0) is 49.1 Å². The number of halogens is 1. The van der Waals surface area contributed by atoms with Crippen molar-refractivity contribution < 1.29 is 20.1 Å². The summed E-state index contributed by atoms with van der Waals surface area (Å²) in [7, 11) is 0. The quantitative estimate of drug-likeness (QED) is 0.248. The highest BCUT2D eigenvalue weighted by atomic mass is 35.5. The first-order valence-electron chi connectivity index (χ1n) is 11.0. The third-order valence-corrected chi connectivity index (χ3v) is 6.24. The largest absolute Gasteiger partial charge is 0.481 e. The third kappa shape index (κ3) is 8.25. The molecule has 1 aliphatic rings. The molecule has 166 valence electrons. The fourth-order valence-electron chi connectivity index (χ4n) is 4.17. The van der Waals surface area contributed by atoms with Gasteiger partial charge in [0.25, 0.3) is 0 Å². The zero-order chi connectivity index (χ0) is 21.9.